The second-order valence-electron chi connectivity index (χ2n) is 5.27. The van der Waals surface area contributed by atoms with Crippen molar-refractivity contribution in [2.45, 2.75) is 47.1 Å². The van der Waals surface area contributed by atoms with Crippen molar-refractivity contribution in [1.82, 2.24) is 4.90 Å². The van der Waals surface area contributed by atoms with Crippen LogP contribution in [0.5, 0.6) is 0 Å². The van der Waals surface area contributed by atoms with Crippen molar-refractivity contribution in [3.63, 3.8) is 0 Å². The molecule has 0 aromatic carbocycles. The van der Waals surface area contributed by atoms with Crippen molar-refractivity contribution < 1.29 is 0 Å². The number of nitrogens with zero attached hydrogens (tertiary/aromatic N) is 2. The van der Waals surface area contributed by atoms with E-state index >= 15 is 0 Å². The molecule has 0 radical (unpaired) electrons. The molecular formula is C14H26N2S. The Bertz CT molecular complexity index is 293. The van der Waals surface area contributed by atoms with Crippen molar-refractivity contribution in [3.8, 4) is 0 Å². The van der Waals surface area contributed by atoms with Crippen LogP contribution in [0, 0.1) is 5.92 Å². The van der Waals surface area contributed by atoms with E-state index in [4.69, 9.17) is 0 Å². The van der Waals surface area contributed by atoms with Crippen LogP contribution in [0.25, 0.3) is 0 Å². The molecule has 0 unspecified atom stereocenters. The van der Waals surface area contributed by atoms with Gasteiger partial charge in [-0.15, -0.1) is 11.8 Å². The van der Waals surface area contributed by atoms with E-state index in [-0.39, 0.29) is 0 Å². The maximum Gasteiger partial charge on any atom is 0.0700 e. The molecule has 3 heteroatoms. The van der Waals surface area contributed by atoms with Crippen molar-refractivity contribution in [2.75, 3.05) is 18.8 Å². The van der Waals surface area contributed by atoms with Crippen molar-refractivity contribution in [2.24, 2.45) is 10.9 Å². The van der Waals surface area contributed by atoms with Gasteiger partial charge in [0.15, 0.2) is 0 Å². The quantitative estimate of drug-likeness (QED) is 0.694. The second kappa shape index (κ2) is 7.10. The van der Waals surface area contributed by atoms with E-state index in [0.29, 0.717) is 12.0 Å². The molecule has 17 heavy (non-hydrogen) atoms. The summed E-state index contributed by atoms with van der Waals surface area (Å²) in [4.78, 5) is 6.99. The summed E-state index contributed by atoms with van der Waals surface area (Å²) in [6, 6.07) is 0.620. The van der Waals surface area contributed by atoms with Gasteiger partial charge in [0.2, 0.25) is 0 Å². The molecule has 1 heterocycles. The first kappa shape index (κ1) is 14.6. The lowest BCUT2D eigenvalue weighted by atomic mass is 10.2. The van der Waals surface area contributed by atoms with Crippen LogP contribution in [0.2, 0.25) is 0 Å². The van der Waals surface area contributed by atoms with E-state index in [1.54, 1.807) is 0 Å². The van der Waals surface area contributed by atoms with Crippen LogP contribution in [-0.4, -0.2) is 36.0 Å². The van der Waals surface area contributed by atoms with Crippen LogP contribution in [0.1, 0.15) is 41.0 Å². The number of hydrogen-bond acceptors (Lipinski definition) is 3. The molecule has 0 amide bonds. The fourth-order valence-corrected chi connectivity index (χ4v) is 3.21. The van der Waals surface area contributed by atoms with Crippen molar-refractivity contribution in [1.29, 1.82) is 0 Å². The van der Waals surface area contributed by atoms with Crippen LogP contribution < -0.4 is 0 Å². The molecule has 0 aromatic heterocycles. The standard InChI is InChI=1S/C14H26N2S/c1-11(2)10-15-7-6-13(5)14-16(12(3)4)8-9-17-14/h10-12H,6-9H2,1-5H3/b14-13+,15-10+. The van der Waals surface area contributed by atoms with E-state index in [1.165, 1.54) is 22.9 Å². The number of aliphatic imine (C=N–C) groups is 1. The highest BCUT2D eigenvalue weighted by molar-refractivity contribution is 8.03. The monoisotopic (exact) mass is 254 g/mol. The predicted molar refractivity (Wildman–Crippen MR) is 79.8 cm³/mol. The van der Waals surface area contributed by atoms with Gasteiger partial charge in [-0.1, -0.05) is 13.8 Å². The van der Waals surface area contributed by atoms with Gasteiger partial charge in [0, 0.05) is 31.1 Å². The average Bonchev–Trinajstić information content (AvgIpc) is 2.72. The molecule has 1 aliphatic heterocycles. The average molecular weight is 254 g/mol. The highest BCUT2D eigenvalue weighted by Gasteiger charge is 2.21. The van der Waals surface area contributed by atoms with Crippen LogP contribution in [0.15, 0.2) is 15.6 Å². The minimum Gasteiger partial charge on any atom is -0.363 e. The third-order valence-electron chi connectivity index (χ3n) is 2.84. The van der Waals surface area contributed by atoms with Crippen molar-refractivity contribution in [3.05, 3.63) is 10.6 Å². The molecule has 98 valence electrons. The molecule has 0 bridgehead atoms. The first-order chi connectivity index (χ1) is 8.02. The maximum absolute atomic E-state index is 4.47. The first-order valence-electron chi connectivity index (χ1n) is 6.61. The summed E-state index contributed by atoms with van der Waals surface area (Å²) < 4.78 is 0. The summed E-state index contributed by atoms with van der Waals surface area (Å²) in [5.74, 6) is 1.80. The van der Waals surface area contributed by atoms with Gasteiger partial charge in [-0.3, -0.25) is 4.99 Å². The smallest absolute Gasteiger partial charge is 0.0700 e. The van der Waals surface area contributed by atoms with E-state index in [2.05, 4.69) is 50.7 Å². The zero-order chi connectivity index (χ0) is 12.8. The highest BCUT2D eigenvalue weighted by atomic mass is 32.2. The van der Waals surface area contributed by atoms with Crippen LogP contribution in [0.4, 0.5) is 0 Å². The lowest BCUT2D eigenvalue weighted by Gasteiger charge is -2.25. The van der Waals surface area contributed by atoms with Crippen LogP contribution in [0.3, 0.4) is 0 Å². The Hall–Kier alpha value is -0.440. The molecule has 1 rings (SSSR count). The Labute approximate surface area is 111 Å². The summed E-state index contributed by atoms with van der Waals surface area (Å²) in [7, 11) is 0. The Balaban J connectivity index is 2.51. The van der Waals surface area contributed by atoms with Gasteiger partial charge in [-0.05, 0) is 38.7 Å². The predicted octanol–water partition coefficient (Wildman–Crippen LogP) is 3.79. The highest BCUT2D eigenvalue weighted by Crippen LogP contribution is 2.33. The summed E-state index contributed by atoms with van der Waals surface area (Å²) in [6.45, 7) is 13.3. The van der Waals surface area contributed by atoms with Gasteiger partial charge in [-0.25, -0.2) is 0 Å². The lowest BCUT2D eigenvalue weighted by molar-refractivity contribution is 0.328. The van der Waals surface area contributed by atoms with E-state index in [9.17, 15) is 0 Å². The third kappa shape index (κ3) is 4.74. The minimum atomic E-state index is 0.566. The molecule has 0 spiro atoms. The van der Waals surface area contributed by atoms with Gasteiger partial charge in [0.1, 0.15) is 0 Å². The molecule has 0 aliphatic carbocycles. The Morgan fingerprint density at radius 3 is 2.71 bits per heavy atom. The maximum atomic E-state index is 4.47. The fraction of sp³-hybridized carbons (Fsp3) is 0.786. The Kier molecular flexibility index (Phi) is 6.10. The lowest BCUT2D eigenvalue weighted by Crippen LogP contribution is -2.26. The van der Waals surface area contributed by atoms with Crippen molar-refractivity contribution >= 4 is 18.0 Å². The molecule has 0 saturated carbocycles. The van der Waals surface area contributed by atoms with E-state index in [0.717, 1.165) is 13.0 Å². The number of hydrogen-bond donors (Lipinski definition) is 0. The molecule has 0 atom stereocenters. The summed E-state index contributed by atoms with van der Waals surface area (Å²) in [6.07, 6.45) is 3.15. The fourth-order valence-electron chi connectivity index (χ4n) is 1.91. The first-order valence-corrected chi connectivity index (χ1v) is 7.60. The van der Waals surface area contributed by atoms with Gasteiger partial charge < -0.3 is 4.90 Å². The zero-order valence-electron chi connectivity index (χ0n) is 11.9. The normalized spacial score (nSPS) is 20.1. The largest absolute Gasteiger partial charge is 0.363 e. The molecule has 1 aliphatic rings. The number of rotatable bonds is 5. The van der Waals surface area contributed by atoms with Crippen LogP contribution in [-0.2, 0) is 0 Å². The topological polar surface area (TPSA) is 15.6 Å². The summed E-state index contributed by atoms with van der Waals surface area (Å²) >= 11 is 2.00. The Morgan fingerprint density at radius 1 is 1.41 bits per heavy atom. The van der Waals surface area contributed by atoms with Gasteiger partial charge in [-0.2, -0.15) is 0 Å². The minimum absolute atomic E-state index is 0.566. The van der Waals surface area contributed by atoms with E-state index in [1.807, 2.05) is 11.8 Å². The molecule has 1 saturated heterocycles. The van der Waals surface area contributed by atoms with Crippen LogP contribution >= 0.6 is 11.8 Å². The molecule has 0 N–H and O–H groups in total. The molecule has 2 nitrogen and oxygen atoms in total. The third-order valence-corrected chi connectivity index (χ3v) is 4.08. The summed E-state index contributed by atoms with van der Waals surface area (Å²) in [5, 5.41) is 1.50. The zero-order valence-corrected chi connectivity index (χ0v) is 12.7. The molecule has 1 fully saturated rings. The molecular weight excluding hydrogens is 228 g/mol. The SMILES string of the molecule is C/C(CC/N=C/C(C)C)=C1\SCCN1C(C)C. The number of thioether (sulfide) groups is 1. The Morgan fingerprint density at radius 2 is 2.12 bits per heavy atom. The van der Waals surface area contributed by atoms with Gasteiger partial charge >= 0.3 is 0 Å². The summed E-state index contributed by atoms with van der Waals surface area (Å²) in [5.41, 5.74) is 1.50. The van der Waals surface area contributed by atoms with Gasteiger partial charge in [0.05, 0.1) is 5.03 Å². The molecule has 0 aromatic rings. The van der Waals surface area contributed by atoms with Gasteiger partial charge in [0.25, 0.3) is 0 Å². The van der Waals surface area contributed by atoms with E-state index < -0.39 is 0 Å². The second-order valence-corrected chi connectivity index (χ2v) is 6.35.